The molecule has 0 atom stereocenters. The third-order valence-electron chi connectivity index (χ3n) is 6.19. The summed E-state index contributed by atoms with van der Waals surface area (Å²) < 4.78 is 10.7. The van der Waals surface area contributed by atoms with Gasteiger partial charge in [0, 0.05) is 31.3 Å². The molecule has 2 heterocycles. The van der Waals surface area contributed by atoms with Crippen LogP contribution in [-0.2, 0) is 17.9 Å². The first-order valence-electron chi connectivity index (χ1n) is 11.5. The van der Waals surface area contributed by atoms with Gasteiger partial charge in [0.15, 0.2) is 5.82 Å². The van der Waals surface area contributed by atoms with Crippen molar-refractivity contribution in [3.05, 3.63) is 51.7 Å². The van der Waals surface area contributed by atoms with E-state index in [1.807, 2.05) is 36.1 Å². The summed E-state index contributed by atoms with van der Waals surface area (Å²) in [5, 5.41) is 3.78. The highest BCUT2D eigenvalue weighted by Gasteiger charge is 2.35. The Kier molecular flexibility index (Phi) is 6.22. The predicted molar refractivity (Wildman–Crippen MR) is 129 cm³/mol. The van der Waals surface area contributed by atoms with Crippen molar-refractivity contribution in [1.29, 1.82) is 0 Å². The quantitative estimate of drug-likeness (QED) is 0.500. The molecule has 2 aliphatic rings. The molecule has 0 saturated heterocycles. The predicted octanol–water partition coefficient (Wildman–Crippen LogP) is 3.85. The van der Waals surface area contributed by atoms with E-state index in [1.165, 1.54) is 11.3 Å². The molecule has 178 valence electrons. The van der Waals surface area contributed by atoms with E-state index in [-0.39, 0.29) is 24.5 Å². The molecule has 5 rings (SSSR count). The molecule has 9 heteroatoms. The first-order valence-corrected chi connectivity index (χ1v) is 12.3. The maximum atomic E-state index is 13.7. The van der Waals surface area contributed by atoms with Gasteiger partial charge in [0.2, 0.25) is 5.88 Å². The maximum Gasteiger partial charge on any atom is 0.264 e. The Balaban J connectivity index is 1.39. The molecule has 8 nitrogen and oxygen atoms in total. The maximum absolute atomic E-state index is 13.7. The number of carbonyl (C=O) groups excluding carboxylic acids is 2. The first kappa shape index (κ1) is 22.7. The number of rotatable bonds is 9. The summed E-state index contributed by atoms with van der Waals surface area (Å²) in [6, 6.07) is 8.11. The van der Waals surface area contributed by atoms with Crippen LogP contribution in [0, 0.1) is 6.92 Å². The fourth-order valence-corrected chi connectivity index (χ4v) is 5.17. The second-order valence-electron chi connectivity index (χ2n) is 8.93. The van der Waals surface area contributed by atoms with Crippen molar-refractivity contribution >= 4 is 33.4 Å². The zero-order chi connectivity index (χ0) is 23.8. The van der Waals surface area contributed by atoms with Gasteiger partial charge in [0.25, 0.3) is 11.8 Å². The molecule has 2 aromatic heterocycles. The number of aromatic nitrogens is 2. The van der Waals surface area contributed by atoms with Gasteiger partial charge < -0.3 is 19.7 Å². The van der Waals surface area contributed by atoms with Gasteiger partial charge in [0.05, 0.1) is 17.4 Å². The van der Waals surface area contributed by atoms with Crippen LogP contribution < -0.4 is 10.1 Å². The van der Waals surface area contributed by atoms with E-state index in [0.717, 1.165) is 47.0 Å². The number of methoxy groups -OCH3 is 2. The highest BCUT2D eigenvalue weighted by Crippen LogP contribution is 2.38. The van der Waals surface area contributed by atoms with Crippen molar-refractivity contribution in [2.45, 2.75) is 57.8 Å². The molecule has 1 N–H and O–H groups in total. The zero-order valence-corrected chi connectivity index (χ0v) is 20.4. The van der Waals surface area contributed by atoms with Gasteiger partial charge in [-0.2, -0.15) is 4.98 Å². The van der Waals surface area contributed by atoms with Gasteiger partial charge in [-0.05, 0) is 55.9 Å². The Morgan fingerprint density at radius 2 is 1.85 bits per heavy atom. The van der Waals surface area contributed by atoms with Crippen LogP contribution >= 0.6 is 11.3 Å². The zero-order valence-electron chi connectivity index (χ0n) is 19.6. The Morgan fingerprint density at radius 1 is 1.12 bits per heavy atom. The molecule has 1 aromatic carbocycles. The molecule has 0 aliphatic heterocycles. The lowest BCUT2D eigenvalue weighted by Crippen LogP contribution is -2.32. The van der Waals surface area contributed by atoms with Crippen molar-refractivity contribution < 1.29 is 19.1 Å². The lowest BCUT2D eigenvalue weighted by molar-refractivity contribution is 0.0734. The van der Waals surface area contributed by atoms with Crippen LogP contribution in [0.2, 0.25) is 0 Å². The fraction of sp³-hybridized carbons (Fsp3) is 0.440. The molecular formula is C25H28N4O4S. The summed E-state index contributed by atoms with van der Waals surface area (Å²) in [6.07, 6.45) is 4.12. The normalized spacial score (nSPS) is 15.4. The topological polar surface area (TPSA) is 93.7 Å². The van der Waals surface area contributed by atoms with E-state index in [0.29, 0.717) is 34.7 Å². The van der Waals surface area contributed by atoms with Crippen LogP contribution in [-0.4, -0.2) is 53.0 Å². The number of hydrogen-bond donors (Lipinski definition) is 1. The summed E-state index contributed by atoms with van der Waals surface area (Å²) >= 11 is 1.37. The number of amides is 2. The van der Waals surface area contributed by atoms with Crippen molar-refractivity contribution in [2.75, 3.05) is 14.2 Å². The lowest BCUT2D eigenvalue weighted by atomic mass is 10.1. The Labute approximate surface area is 202 Å². The number of nitrogens with one attached hydrogen (secondary N) is 1. The number of aryl methyl sites for hydroxylation is 1. The second kappa shape index (κ2) is 9.31. The van der Waals surface area contributed by atoms with E-state index in [9.17, 15) is 9.59 Å². The largest absolute Gasteiger partial charge is 0.480 e. The van der Waals surface area contributed by atoms with E-state index in [4.69, 9.17) is 9.47 Å². The Hall–Kier alpha value is -3.04. The summed E-state index contributed by atoms with van der Waals surface area (Å²) in [6.45, 7) is 2.70. The first-order chi connectivity index (χ1) is 16.5. The second-order valence-corrected chi connectivity index (χ2v) is 9.93. The number of carbonyl (C=O) groups is 2. The van der Waals surface area contributed by atoms with Crippen molar-refractivity contribution in [3.63, 3.8) is 0 Å². The number of ether oxygens (including phenoxy) is 2. The van der Waals surface area contributed by atoms with Crippen molar-refractivity contribution in [3.8, 4) is 5.88 Å². The minimum atomic E-state index is -0.0343. The van der Waals surface area contributed by atoms with E-state index < -0.39 is 0 Å². The molecule has 0 radical (unpaired) electrons. The van der Waals surface area contributed by atoms with Crippen LogP contribution in [0.1, 0.15) is 62.7 Å². The summed E-state index contributed by atoms with van der Waals surface area (Å²) in [5.74, 6) is 0.946. The van der Waals surface area contributed by atoms with E-state index >= 15 is 0 Å². The monoisotopic (exact) mass is 480 g/mol. The summed E-state index contributed by atoms with van der Waals surface area (Å²) in [7, 11) is 3.16. The van der Waals surface area contributed by atoms with Gasteiger partial charge >= 0.3 is 0 Å². The highest BCUT2D eigenvalue weighted by molar-refractivity contribution is 7.20. The van der Waals surface area contributed by atoms with Crippen molar-refractivity contribution in [2.24, 2.45) is 0 Å². The molecule has 2 amide bonds. The minimum Gasteiger partial charge on any atom is -0.480 e. The number of hydrogen-bond acceptors (Lipinski definition) is 7. The van der Waals surface area contributed by atoms with Crippen LogP contribution in [0.4, 0.5) is 0 Å². The minimum absolute atomic E-state index is 0.00565. The molecule has 0 bridgehead atoms. The highest BCUT2D eigenvalue weighted by atomic mass is 32.1. The lowest BCUT2D eigenvalue weighted by Gasteiger charge is -2.22. The summed E-state index contributed by atoms with van der Waals surface area (Å²) in [4.78, 5) is 38.3. The number of thiophene rings is 1. The number of benzene rings is 1. The Morgan fingerprint density at radius 3 is 2.47 bits per heavy atom. The fourth-order valence-electron chi connectivity index (χ4n) is 4.03. The SMILES string of the molecule is COCc1nc(OC)c2c(C)c(C(=O)N(Cc3ccc(C(=O)NC4CC4)cc3)C3CC3)sc2n1. The van der Waals surface area contributed by atoms with Gasteiger partial charge in [-0.3, -0.25) is 9.59 Å². The summed E-state index contributed by atoms with van der Waals surface area (Å²) in [5.41, 5.74) is 2.49. The van der Waals surface area contributed by atoms with Crippen LogP contribution in [0.5, 0.6) is 5.88 Å². The third-order valence-corrected chi connectivity index (χ3v) is 7.37. The van der Waals surface area contributed by atoms with Crippen LogP contribution in [0.3, 0.4) is 0 Å². The van der Waals surface area contributed by atoms with Crippen LogP contribution in [0.15, 0.2) is 24.3 Å². The molecular weight excluding hydrogens is 452 g/mol. The molecule has 2 fully saturated rings. The average molecular weight is 481 g/mol. The molecule has 0 unspecified atom stereocenters. The van der Waals surface area contributed by atoms with Gasteiger partial charge in [-0.25, -0.2) is 4.98 Å². The van der Waals surface area contributed by atoms with E-state index in [1.54, 1.807) is 14.2 Å². The van der Waals surface area contributed by atoms with Gasteiger partial charge in [-0.1, -0.05) is 12.1 Å². The molecule has 3 aromatic rings. The number of fused-ring (bicyclic) bond motifs is 1. The standard InChI is InChI=1S/C25H28N4O4S/c1-14-20-23(33-3)27-19(13-32-2)28-24(20)34-21(14)25(31)29(18-10-11-18)12-15-4-6-16(7-5-15)22(30)26-17-8-9-17/h4-7,17-18H,8-13H2,1-3H3,(H,26,30). The molecule has 2 saturated carbocycles. The van der Waals surface area contributed by atoms with Crippen molar-refractivity contribution in [1.82, 2.24) is 20.2 Å². The smallest absolute Gasteiger partial charge is 0.264 e. The molecule has 2 aliphatic carbocycles. The van der Waals surface area contributed by atoms with Gasteiger partial charge in [-0.15, -0.1) is 11.3 Å². The van der Waals surface area contributed by atoms with Crippen LogP contribution in [0.25, 0.3) is 10.2 Å². The molecule has 0 spiro atoms. The molecule has 34 heavy (non-hydrogen) atoms. The third kappa shape index (κ3) is 4.63. The number of nitrogens with zero attached hydrogens (tertiary/aromatic N) is 3. The Bertz CT molecular complexity index is 1230. The van der Waals surface area contributed by atoms with Gasteiger partial charge in [0.1, 0.15) is 11.4 Å². The van der Waals surface area contributed by atoms with E-state index in [2.05, 4.69) is 15.3 Å². The average Bonchev–Trinajstić information content (AvgIpc) is 3.77.